The Bertz CT molecular complexity index is 1100. The summed E-state index contributed by atoms with van der Waals surface area (Å²) in [5.41, 5.74) is 1.71. The summed E-state index contributed by atoms with van der Waals surface area (Å²) in [6.45, 7) is 2.77. The van der Waals surface area contributed by atoms with E-state index in [9.17, 15) is 9.59 Å². The zero-order chi connectivity index (χ0) is 19.1. The van der Waals surface area contributed by atoms with Crippen molar-refractivity contribution in [2.75, 3.05) is 19.9 Å². The molecule has 3 aromatic rings. The average molecular weight is 402 g/mol. The minimum absolute atomic E-state index is 0.0599. The van der Waals surface area contributed by atoms with Gasteiger partial charge in [-0.15, -0.1) is 11.3 Å². The summed E-state index contributed by atoms with van der Waals surface area (Å²) >= 11 is 2.96. The molecule has 1 aliphatic rings. The van der Waals surface area contributed by atoms with Crippen molar-refractivity contribution in [1.82, 2.24) is 14.5 Å². The van der Waals surface area contributed by atoms with Crippen molar-refractivity contribution in [2.45, 2.75) is 25.0 Å². The third kappa shape index (κ3) is 3.02. The summed E-state index contributed by atoms with van der Waals surface area (Å²) in [5, 5.41) is 1.32. The van der Waals surface area contributed by atoms with Crippen LogP contribution in [0.1, 0.15) is 17.4 Å². The van der Waals surface area contributed by atoms with Crippen LogP contribution in [-0.4, -0.2) is 40.3 Å². The SMILES string of the molecule is COc1cccc(-n2c(SC)nc3sc4c(c3c2=O)CCN(C(C)=O)C4)c1. The van der Waals surface area contributed by atoms with E-state index in [0.717, 1.165) is 21.0 Å². The van der Waals surface area contributed by atoms with Gasteiger partial charge in [-0.05, 0) is 30.4 Å². The minimum atomic E-state index is -0.0635. The number of thioether (sulfide) groups is 1. The van der Waals surface area contributed by atoms with Crippen LogP contribution in [0.3, 0.4) is 0 Å². The van der Waals surface area contributed by atoms with Crippen molar-refractivity contribution >= 4 is 39.2 Å². The summed E-state index contributed by atoms with van der Waals surface area (Å²) in [5.74, 6) is 0.751. The molecule has 4 rings (SSSR count). The summed E-state index contributed by atoms with van der Waals surface area (Å²) in [6, 6.07) is 7.43. The molecule has 27 heavy (non-hydrogen) atoms. The number of thiophene rings is 1. The van der Waals surface area contributed by atoms with Crippen LogP contribution in [0.25, 0.3) is 15.9 Å². The quantitative estimate of drug-likeness (QED) is 0.498. The molecule has 0 radical (unpaired) electrons. The first-order valence-electron chi connectivity index (χ1n) is 8.54. The predicted octanol–water partition coefficient (Wildman–Crippen LogP) is 3.08. The number of methoxy groups -OCH3 is 1. The highest BCUT2D eigenvalue weighted by atomic mass is 32.2. The van der Waals surface area contributed by atoms with E-state index in [1.165, 1.54) is 23.1 Å². The van der Waals surface area contributed by atoms with Crippen LogP contribution in [-0.2, 0) is 17.8 Å². The zero-order valence-electron chi connectivity index (χ0n) is 15.3. The van der Waals surface area contributed by atoms with Crippen LogP contribution in [0.4, 0.5) is 0 Å². The monoisotopic (exact) mass is 401 g/mol. The molecule has 2 aromatic heterocycles. The molecular weight excluding hydrogens is 382 g/mol. The first-order valence-corrected chi connectivity index (χ1v) is 10.6. The van der Waals surface area contributed by atoms with Gasteiger partial charge < -0.3 is 9.64 Å². The van der Waals surface area contributed by atoms with Gasteiger partial charge in [0.2, 0.25) is 5.91 Å². The van der Waals surface area contributed by atoms with Gasteiger partial charge in [-0.3, -0.25) is 14.2 Å². The smallest absolute Gasteiger partial charge is 0.267 e. The Hall–Kier alpha value is -2.32. The predicted molar refractivity (Wildman–Crippen MR) is 108 cm³/mol. The van der Waals surface area contributed by atoms with Gasteiger partial charge in [-0.25, -0.2) is 4.98 Å². The molecule has 140 valence electrons. The number of rotatable bonds is 3. The number of amides is 1. The molecule has 0 bridgehead atoms. The third-order valence-corrected chi connectivity index (χ3v) is 6.53. The first-order chi connectivity index (χ1) is 13.0. The molecule has 0 unspecified atom stereocenters. The van der Waals surface area contributed by atoms with Crippen LogP contribution in [0.2, 0.25) is 0 Å². The molecule has 1 aromatic carbocycles. The molecule has 0 fully saturated rings. The molecule has 1 aliphatic heterocycles. The van der Waals surface area contributed by atoms with Gasteiger partial charge in [0, 0.05) is 24.4 Å². The van der Waals surface area contributed by atoms with E-state index in [0.29, 0.717) is 35.8 Å². The molecule has 0 saturated carbocycles. The highest BCUT2D eigenvalue weighted by Gasteiger charge is 2.26. The van der Waals surface area contributed by atoms with E-state index in [1.54, 1.807) is 18.6 Å². The van der Waals surface area contributed by atoms with Crippen LogP contribution in [0.5, 0.6) is 5.75 Å². The number of carbonyl (C=O) groups is 1. The molecular formula is C19H19N3O3S2. The number of benzene rings is 1. The fourth-order valence-electron chi connectivity index (χ4n) is 3.41. The van der Waals surface area contributed by atoms with Crippen molar-refractivity contribution in [2.24, 2.45) is 0 Å². The van der Waals surface area contributed by atoms with E-state index in [4.69, 9.17) is 9.72 Å². The summed E-state index contributed by atoms with van der Waals surface area (Å²) in [6.07, 6.45) is 2.60. The Morgan fingerprint density at radius 2 is 2.19 bits per heavy atom. The fraction of sp³-hybridized carbons (Fsp3) is 0.316. The highest BCUT2D eigenvalue weighted by molar-refractivity contribution is 7.98. The number of hydrogen-bond donors (Lipinski definition) is 0. The number of aromatic nitrogens is 2. The van der Waals surface area contributed by atoms with E-state index in [2.05, 4.69) is 0 Å². The summed E-state index contributed by atoms with van der Waals surface area (Å²) in [4.78, 5) is 33.6. The summed E-state index contributed by atoms with van der Waals surface area (Å²) < 4.78 is 6.96. The fourth-order valence-corrected chi connectivity index (χ4v) is 5.24. The zero-order valence-corrected chi connectivity index (χ0v) is 16.9. The molecule has 0 atom stereocenters. The maximum atomic E-state index is 13.5. The van der Waals surface area contributed by atoms with E-state index < -0.39 is 0 Å². The Kier molecular flexibility index (Phi) is 4.69. The lowest BCUT2D eigenvalue weighted by Gasteiger charge is -2.25. The largest absolute Gasteiger partial charge is 0.497 e. The Balaban J connectivity index is 1.94. The standard InChI is InChI=1S/C19H19N3O3S2/c1-11(23)21-8-7-14-15(10-21)27-17-16(14)18(24)22(19(20-17)26-3)12-5-4-6-13(9-12)25-2/h4-6,9H,7-8,10H2,1-3H3. The van der Waals surface area contributed by atoms with Gasteiger partial charge in [0.25, 0.3) is 5.56 Å². The average Bonchev–Trinajstić information content (AvgIpc) is 3.05. The molecule has 0 spiro atoms. The van der Waals surface area contributed by atoms with Gasteiger partial charge in [0.05, 0.1) is 24.7 Å². The van der Waals surface area contributed by atoms with Crippen LogP contribution >= 0.6 is 23.1 Å². The second kappa shape index (κ2) is 7.01. The number of hydrogen-bond acceptors (Lipinski definition) is 6. The van der Waals surface area contributed by atoms with Crippen molar-refractivity contribution in [3.63, 3.8) is 0 Å². The molecule has 3 heterocycles. The molecule has 6 nitrogen and oxygen atoms in total. The van der Waals surface area contributed by atoms with E-state index >= 15 is 0 Å². The van der Waals surface area contributed by atoms with Crippen molar-refractivity contribution in [3.05, 3.63) is 45.1 Å². The lowest BCUT2D eigenvalue weighted by Crippen LogP contribution is -2.34. The lowest BCUT2D eigenvalue weighted by molar-refractivity contribution is -0.129. The summed E-state index contributed by atoms with van der Waals surface area (Å²) in [7, 11) is 1.61. The maximum Gasteiger partial charge on any atom is 0.267 e. The van der Waals surface area contributed by atoms with Gasteiger partial charge in [-0.1, -0.05) is 17.8 Å². The minimum Gasteiger partial charge on any atom is -0.497 e. The molecule has 0 saturated heterocycles. The number of ether oxygens (including phenoxy) is 1. The Morgan fingerprint density at radius 1 is 1.37 bits per heavy atom. The second-order valence-corrected chi connectivity index (χ2v) is 8.17. The van der Waals surface area contributed by atoms with Gasteiger partial charge >= 0.3 is 0 Å². The third-order valence-electron chi connectivity index (χ3n) is 4.78. The molecule has 1 amide bonds. The van der Waals surface area contributed by atoms with Gasteiger partial charge in [0.1, 0.15) is 10.6 Å². The topological polar surface area (TPSA) is 64.4 Å². The maximum absolute atomic E-state index is 13.5. The van der Waals surface area contributed by atoms with Crippen molar-refractivity contribution < 1.29 is 9.53 Å². The first kappa shape index (κ1) is 18.1. The van der Waals surface area contributed by atoms with Crippen LogP contribution in [0, 0.1) is 0 Å². The Morgan fingerprint density at radius 3 is 2.89 bits per heavy atom. The number of fused-ring (bicyclic) bond motifs is 3. The Labute approximate surface area is 164 Å². The van der Waals surface area contributed by atoms with Crippen molar-refractivity contribution in [1.29, 1.82) is 0 Å². The number of nitrogens with zero attached hydrogens (tertiary/aromatic N) is 3. The van der Waals surface area contributed by atoms with Gasteiger partial charge in [0.15, 0.2) is 5.16 Å². The highest BCUT2D eigenvalue weighted by Crippen LogP contribution is 2.34. The van der Waals surface area contributed by atoms with E-state index in [1.807, 2.05) is 35.4 Å². The van der Waals surface area contributed by atoms with Crippen molar-refractivity contribution in [3.8, 4) is 11.4 Å². The normalized spacial score (nSPS) is 13.7. The van der Waals surface area contributed by atoms with Gasteiger partial charge in [-0.2, -0.15) is 0 Å². The number of carbonyl (C=O) groups excluding carboxylic acids is 1. The van der Waals surface area contributed by atoms with Crippen LogP contribution < -0.4 is 10.3 Å². The van der Waals surface area contributed by atoms with E-state index in [-0.39, 0.29) is 11.5 Å². The van der Waals surface area contributed by atoms with Crippen LogP contribution in [0.15, 0.2) is 34.2 Å². The molecule has 8 heteroatoms. The molecule has 0 aliphatic carbocycles. The second-order valence-electron chi connectivity index (χ2n) is 6.32. The lowest BCUT2D eigenvalue weighted by atomic mass is 10.1. The molecule has 0 N–H and O–H groups in total.